The average molecular weight is 229 g/mol. The van der Waals surface area contributed by atoms with Crippen molar-refractivity contribution in [2.24, 2.45) is 16.3 Å². The van der Waals surface area contributed by atoms with Gasteiger partial charge in [0.1, 0.15) is 5.41 Å². The highest BCUT2D eigenvalue weighted by molar-refractivity contribution is 6.09. The van der Waals surface area contributed by atoms with E-state index in [1.807, 2.05) is 6.92 Å². The van der Waals surface area contributed by atoms with Crippen molar-refractivity contribution in [3.63, 3.8) is 0 Å². The van der Waals surface area contributed by atoms with E-state index >= 15 is 0 Å². The predicted molar refractivity (Wildman–Crippen MR) is 59.2 cm³/mol. The van der Waals surface area contributed by atoms with Gasteiger partial charge < -0.3 is 20.6 Å². The van der Waals surface area contributed by atoms with Crippen LogP contribution in [0.2, 0.25) is 0 Å². The quantitative estimate of drug-likeness (QED) is 0.301. The van der Waals surface area contributed by atoms with Crippen LogP contribution in [0.5, 0.6) is 0 Å². The Bertz CT molecular complexity index is 300. The molecule has 0 bridgehead atoms. The molecule has 92 valence electrons. The van der Waals surface area contributed by atoms with E-state index in [1.165, 1.54) is 0 Å². The van der Waals surface area contributed by atoms with E-state index in [2.05, 4.69) is 5.16 Å². The molecule has 6 nitrogen and oxygen atoms in total. The molecule has 0 aliphatic heterocycles. The zero-order valence-corrected chi connectivity index (χ0v) is 9.93. The van der Waals surface area contributed by atoms with Gasteiger partial charge in [-0.1, -0.05) is 5.16 Å². The molecule has 1 rings (SSSR count). The summed E-state index contributed by atoms with van der Waals surface area (Å²) < 4.78 is 4.99. The summed E-state index contributed by atoms with van der Waals surface area (Å²) in [6.45, 7) is 2.36. The number of rotatable bonds is 5. The van der Waals surface area contributed by atoms with Crippen molar-refractivity contribution in [3.8, 4) is 0 Å². The number of ether oxygens (including phenoxy) is 1. The second-order valence-corrected chi connectivity index (χ2v) is 4.29. The summed E-state index contributed by atoms with van der Waals surface area (Å²) in [7, 11) is 3.29. The molecule has 1 saturated carbocycles. The van der Waals surface area contributed by atoms with E-state index in [0.717, 1.165) is 0 Å². The summed E-state index contributed by atoms with van der Waals surface area (Å²) in [5, 5.41) is 11.6. The maximum Gasteiger partial charge on any atom is 0.236 e. The lowest BCUT2D eigenvalue weighted by Gasteiger charge is -2.28. The topological polar surface area (TPSA) is 88.2 Å². The van der Waals surface area contributed by atoms with Gasteiger partial charge in [-0.25, -0.2) is 0 Å². The number of hydrogen-bond acceptors (Lipinski definition) is 4. The fourth-order valence-electron chi connectivity index (χ4n) is 1.69. The minimum atomic E-state index is -0.772. The van der Waals surface area contributed by atoms with E-state index in [9.17, 15) is 4.79 Å². The smallest absolute Gasteiger partial charge is 0.236 e. The van der Waals surface area contributed by atoms with Gasteiger partial charge in [0.15, 0.2) is 5.84 Å². The van der Waals surface area contributed by atoms with E-state index < -0.39 is 5.41 Å². The SMILES string of the molecule is COCC(C)N(C)C(=O)C1(C(N)=NO)CC1. The summed E-state index contributed by atoms with van der Waals surface area (Å²) >= 11 is 0. The van der Waals surface area contributed by atoms with Crippen LogP contribution in [0.15, 0.2) is 5.16 Å². The Kier molecular flexibility index (Phi) is 3.74. The molecule has 1 aliphatic rings. The van der Waals surface area contributed by atoms with Gasteiger partial charge >= 0.3 is 0 Å². The normalized spacial score (nSPS) is 20.3. The molecule has 0 aromatic carbocycles. The van der Waals surface area contributed by atoms with Crippen LogP contribution in [0.4, 0.5) is 0 Å². The summed E-state index contributed by atoms with van der Waals surface area (Å²) in [5.41, 5.74) is 4.77. The Morgan fingerprint density at radius 1 is 1.69 bits per heavy atom. The third-order valence-electron chi connectivity index (χ3n) is 3.15. The molecule has 16 heavy (non-hydrogen) atoms. The zero-order valence-electron chi connectivity index (χ0n) is 9.93. The van der Waals surface area contributed by atoms with E-state index in [-0.39, 0.29) is 17.8 Å². The summed E-state index contributed by atoms with van der Waals surface area (Å²) in [5.74, 6) is -0.0960. The van der Waals surface area contributed by atoms with Gasteiger partial charge in [-0.05, 0) is 19.8 Å². The molecule has 0 spiro atoms. The maximum atomic E-state index is 12.1. The Balaban J connectivity index is 2.71. The summed E-state index contributed by atoms with van der Waals surface area (Å²) in [4.78, 5) is 13.7. The van der Waals surface area contributed by atoms with Crippen LogP contribution < -0.4 is 5.73 Å². The predicted octanol–water partition coefficient (Wildman–Crippen LogP) is 0.00630. The molecule has 1 amide bonds. The fraction of sp³-hybridized carbons (Fsp3) is 0.800. The highest BCUT2D eigenvalue weighted by Crippen LogP contribution is 2.47. The maximum absolute atomic E-state index is 12.1. The number of methoxy groups -OCH3 is 1. The number of amides is 1. The van der Waals surface area contributed by atoms with Gasteiger partial charge in [0, 0.05) is 14.2 Å². The van der Waals surface area contributed by atoms with Gasteiger partial charge in [-0.15, -0.1) is 0 Å². The first-order valence-corrected chi connectivity index (χ1v) is 5.24. The van der Waals surface area contributed by atoms with Crippen LogP contribution in [-0.2, 0) is 9.53 Å². The van der Waals surface area contributed by atoms with Crippen LogP contribution in [0.25, 0.3) is 0 Å². The molecular formula is C10H19N3O3. The standard InChI is InChI=1S/C10H19N3O3/c1-7(6-16-3)13(2)9(14)10(4-5-10)8(11)12-15/h7,15H,4-6H2,1-3H3,(H2,11,12). The lowest BCUT2D eigenvalue weighted by atomic mass is 10.0. The molecular weight excluding hydrogens is 210 g/mol. The second-order valence-electron chi connectivity index (χ2n) is 4.29. The van der Waals surface area contributed by atoms with E-state index in [0.29, 0.717) is 19.4 Å². The number of nitrogens with two attached hydrogens (primary N) is 1. The van der Waals surface area contributed by atoms with Crippen molar-refractivity contribution < 1.29 is 14.7 Å². The monoisotopic (exact) mass is 229 g/mol. The van der Waals surface area contributed by atoms with Crippen LogP contribution in [0.3, 0.4) is 0 Å². The number of oxime groups is 1. The molecule has 3 N–H and O–H groups in total. The number of likely N-dealkylation sites (N-methyl/N-ethyl adjacent to an activating group) is 1. The third-order valence-corrected chi connectivity index (χ3v) is 3.15. The van der Waals surface area contributed by atoms with Gasteiger partial charge in [-0.3, -0.25) is 4.79 Å². The highest BCUT2D eigenvalue weighted by atomic mass is 16.5. The molecule has 6 heteroatoms. The van der Waals surface area contributed by atoms with Crippen molar-refractivity contribution >= 4 is 11.7 Å². The first-order chi connectivity index (χ1) is 7.49. The van der Waals surface area contributed by atoms with Crippen molar-refractivity contribution in [1.82, 2.24) is 4.90 Å². The molecule has 1 unspecified atom stereocenters. The fourth-order valence-corrected chi connectivity index (χ4v) is 1.69. The molecule has 1 aliphatic carbocycles. The molecule has 0 heterocycles. The Hall–Kier alpha value is -1.30. The first-order valence-electron chi connectivity index (χ1n) is 5.24. The number of nitrogens with zero attached hydrogens (tertiary/aromatic N) is 2. The van der Waals surface area contributed by atoms with Crippen LogP contribution in [-0.4, -0.2) is 48.7 Å². The van der Waals surface area contributed by atoms with Crippen LogP contribution in [0, 0.1) is 5.41 Å². The molecule has 0 radical (unpaired) electrons. The van der Waals surface area contributed by atoms with Crippen LogP contribution >= 0.6 is 0 Å². The summed E-state index contributed by atoms with van der Waals surface area (Å²) in [6.07, 6.45) is 1.29. The van der Waals surface area contributed by atoms with Crippen LogP contribution in [0.1, 0.15) is 19.8 Å². The second kappa shape index (κ2) is 4.69. The van der Waals surface area contributed by atoms with E-state index in [1.54, 1.807) is 19.1 Å². The molecule has 0 saturated heterocycles. The molecule has 0 aromatic heterocycles. The van der Waals surface area contributed by atoms with E-state index in [4.69, 9.17) is 15.7 Å². The van der Waals surface area contributed by atoms with Gasteiger partial charge in [0.25, 0.3) is 0 Å². The average Bonchev–Trinajstić information content (AvgIpc) is 3.07. The van der Waals surface area contributed by atoms with Crippen molar-refractivity contribution in [3.05, 3.63) is 0 Å². The minimum absolute atomic E-state index is 0.00830. The molecule has 0 aromatic rings. The first kappa shape index (κ1) is 12.8. The Morgan fingerprint density at radius 2 is 2.25 bits per heavy atom. The zero-order chi connectivity index (χ0) is 12.3. The molecule has 1 fully saturated rings. The highest BCUT2D eigenvalue weighted by Gasteiger charge is 2.55. The van der Waals surface area contributed by atoms with Crippen molar-refractivity contribution in [2.45, 2.75) is 25.8 Å². The van der Waals surface area contributed by atoms with Crippen molar-refractivity contribution in [2.75, 3.05) is 20.8 Å². The number of hydrogen-bond donors (Lipinski definition) is 2. The van der Waals surface area contributed by atoms with Gasteiger partial charge in [0.2, 0.25) is 5.91 Å². The molecule has 1 atom stereocenters. The third kappa shape index (κ3) is 2.11. The Labute approximate surface area is 95.0 Å². The summed E-state index contributed by atoms with van der Waals surface area (Å²) in [6, 6.07) is -0.0264. The lowest BCUT2D eigenvalue weighted by molar-refractivity contribution is -0.136. The Morgan fingerprint density at radius 3 is 2.62 bits per heavy atom. The van der Waals surface area contributed by atoms with Gasteiger partial charge in [0.05, 0.1) is 12.6 Å². The van der Waals surface area contributed by atoms with Gasteiger partial charge in [-0.2, -0.15) is 0 Å². The number of carbonyl (C=O) groups excluding carboxylic acids is 1. The minimum Gasteiger partial charge on any atom is -0.409 e. The lowest BCUT2D eigenvalue weighted by Crippen LogP contribution is -2.46. The largest absolute Gasteiger partial charge is 0.409 e. The number of amidine groups is 1. The number of carbonyl (C=O) groups is 1. The van der Waals surface area contributed by atoms with Crippen molar-refractivity contribution in [1.29, 1.82) is 0 Å².